The minimum atomic E-state index is -3.66. The van der Waals surface area contributed by atoms with E-state index in [2.05, 4.69) is 53.7 Å². The Morgan fingerprint density at radius 2 is 0.974 bits per heavy atom. The second-order valence-electron chi connectivity index (χ2n) is 9.50. The Labute approximate surface area is 228 Å². The second kappa shape index (κ2) is 14.4. The van der Waals surface area contributed by atoms with Gasteiger partial charge in [-0.15, -0.1) is 0 Å². The van der Waals surface area contributed by atoms with Crippen molar-refractivity contribution in [3.05, 3.63) is 114 Å². The van der Waals surface area contributed by atoms with Crippen LogP contribution in [0.15, 0.2) is 113 Å². The summed E-state index contributed by atoms with van der Waals surface area (Å²) >= 11 is 0. The van der Waals surface area contributed by atoms with Crippen molar-refractivity contribution in [3.63, 3.8) is 0 Å². The molecular weight excluding hydrogens is 492 g/mol. The molecule has 4 nitrogen and oxygen atoms in total. The van der Waals surface area contributed by atoms with E-state index >= 15 is 0 Å². The molecule has 0 saturated heterocycles. The van der Waals surface area contributed by atoms with Gasteiger partial charge < -0.3 is 9.84 Å². The van der Waals surface area contributed by atoms with Crippen molar-refractivity contribution in [2.24, 2.45) is 0 Å². The van der Waals surface area contributed by atoms with Crippen LogP contribution in [0.25, 0.3) is 0 Å². The largest absolute Gasteiger partial charge is 0.508 e. The first kappa shape index (κ1) is 30.7. The third-order valence-corrected chi connectivity index (χ3v) is 7.37. The number of aromatic hydroxyl groups is 1. The number of hydrogen-bond donors (Lipinski definition) is 1. The molecule has 0 bridgehead atoms. The zero-order valence-electron chi connectivity index (χ0n) is 23.3. The third-order valence-electron chi connectivity index (χ3n) is 5.59. The highest BCUT2D eigenvalue weighted by Crippen LogP contribution is 2.33. The normalized spacial score (nSPS) is 10.9. The molecule has 0 aliphatic heterocycles. The van der Waals surface area contributed by atoms with E-state index < -0.39 is 9.84 Å². The molecule has 4 rings (SSSR count). The van der Waals surface area contributed by atoms with E-state index in [1.165, 1.54) is 60.4 Å². The van der Waals surface area contributed by atoms with Crippen LogP contribution in [0.5, 0.6) is 17.2 Å². The molecule has 0 radical (unpaired) electrons. The summed E-state index contributed by atoms with van der Waals surface area (Å²) < 4.78 is 31.4. The van der Waals surface area contributed by atoms with Crippen LogP contribution in [0.2, 0.25) is 0 Å². The molecule has 0 spiro atoms. The minimum absolute atomic E-state index is 0.0193. The molecule has 0 atom stereocenters. The Morgan fingerprint density at radius 3 is 1.42 bits per heavy atom. The van der Waals surface area contributed by atoms with E-state index in [1.54, 1.807) is 12.1 Å². The molecule has 0 aromatic heterocycles. The number of ether oxygens (including phenoxy) is 1. The molecule has 1 N–H and O–H groups in total. The van der Waals surface area contributed by atoms with Gasteiger partial charge in [0.15, 0.2) is 0 Å². The maximum absolute atomic E-state index is 12.7. The standard InChI is InChI=1S/C27H24O4S.2C3H8/c1-27(2,20-6-4-3-5-7-20)21-8-12-23(13-9-21)31-24-14-18-26(19-15-24)32(29,30)25-16-10-22(28)11-17-25;2*1-3-2/h3-19,28H,1-2H3;2*3H2,1-2H3. The Hall–Kier alpha value is -3.57. The highest BCUT2D eigenvalue weighted by atomic mass is 32.2. The van der Waals surface area contributed by atoms with E-state index in [0.717, 1.165) is 0 Å². The molecule has 0 unspecified atom stereocenters. The molecule has 0 saturated carbocycles. The van der Waals surface area contributed by atoms with E-state index in [4.69, 9.17) is 4.74 Å². The summed E-state index contributed by atoms with van der Waals surface area (Å²) in [6.07, 6.45) is 2.50. The molecular formula is C33H40O4S. The van der Waals surface area contributed by atoms with Crippen LogP contribution in [-0.2, 0) is 15.3 Å². The lowest BCUT2D eigenvalue weighted by atomic mass is 9.78. The predicted molar refractivity (Wildman–Crippen MR) is 157 cm³/mol. The lowest BCUT2D eigenvalue weighted by Gasteiger charge is -2.26. The Kier molecular flexibility index (Phi) is 11.6. The summed E-state index contributed by atoms with van der Waals surface area (Å²) in [5.41, 5.74) is 2.27. The van der Waals surface area contributed by atoms with Gasteiger partial charge in [-0.2, -0.15) is 0 Å². The topological polar surface area (TPSA) is 63.6 Å². The van der Waals surface area contributed by atoms with E-state index in [9.17, 15) is 13.5 Å². The van der Waals surface area contributed by atoms with Gasteiger partial charge in [-0.3, -0.25) is 0 Å². The maximum Gasteiger partial charge on any atom is 0.206 e. The Balaban J connectivity index is 0.000000773. The third kappa shape index (κ3) is 8.22. The molecule has 5 heteroatoms. The maximum atomic E-state index is 12.7. The van der Waals surface area contributed by atoms with Crippen molar-refractivity contribution >= 4 is 9.84 Å². The molecule has 0 aliphatic rings. The highest BCUT2D eigenvalue weighted by molar-refractivity contribution is 7.91. The molecule has 0 amide bonds. The van der Waals surface area contributed by atoms with E-state index in [0.29, 0.717) is 11.5 Å². The first-order chi connectivity index (χ1) is 18.1. The summed E-state index contributed by atoms with van der Waals surface area (Å²) in [4.78, 5) is 0.288. The minimum Gasteiger partial charge on any atom is -0.508 e. The van der Waals surface area contributed by atoms with Crippen LogP contribution < -0.4 is 4.74 Å². The first-order valence-corrected chi connectivity index (χ1v) is 14.6. The zero-order chi connectivity index (χ0) is 28.2. The molecule has 0 fully saturated rings. The summed E-state index contributed by atoms with van der Waals surface area (Å²) in [5.74, 6) is 1.24. The summed E-state index contributed by atoms with van der Waals surface area (Å²) in [6, 6.07) is 30.1. The Bertz CT molecular complexity index is 1320. The average Bonchev–Trinajstić information content (AvgIpc) is 2.91. The lowest BCUT2D eigenvalue weighted by molar-refractivity contribution is 0.475. The Morgan fingerprint density at radius 1 is 0.605 bits per heavy atom. The number of benzene rings is 4. The highest BCUT2D eigenvalue weighted by Gasteiger charge is 2.23. The molecule has 202 valence electrons. The quantitative estimate of drug-likeness (QED) is 0.269. The first-order valence-electron chi connectivity index (χ1n) is 13.1. The van der Waals surface area contributed by atoms with Crippen molar-refractivity contribution in [3.8, 4) is 17.2 Å². The van der Waals surface area contributed by atoms with Crippen molar-refractivity contribution in [1.29, 1.82) is 0 Å². The predicted octanol–water partition coefficient (Wildman–Crippen LogP) is 9.18. The number of hydrogen-bond acceptors (Lipinski definition) is 4. The van der Waals surface area contributed by atoms with Gasteiger partial charge in [0.2, 0.25) is 9.84 Å². The molecule has 0 heterocycles. The van der Waals surface area contributed by atoms with Gasteiger partial charge in [0, 0.05) is 5.41 Å². The van der Waals surface area contributed by atoms with Crippen LogP contribution in [0.4, 0.5) is 0 Å². The molecule has 0 aliphatic carbocycles. The number of sulfone groups is 1. The fourth-order valence-electron chi connectivity index (χ4n) is 3.55. The SMILES string of the molecule is CC(C)(c1ccccc1)c1ccc(Oc2ccc(S(=O)(=O)c3ccc(O)cc3)cc2)cc1.CCC.CCC. The van der Waals surface area contributed by atoms with Crippen LogP contribution in [0.1, 0.15) is 65.5 Å². The number of phenols is 1. The molecule has 4 aromatic rings. The smallest absolute Gasteiger partial charge is 0.206 e. The monoisotopic (exact) mass is 532 g/mol. The van der Waals surface area contributed by atoms with Gasteiger partial charge in [0.25, 0.3) is 0 Å². The fraction of sp³-hybridized carbons (Fsp3) is 0.273. The number of rotatable bonds is 6. The van der Waals surface area contributed by atoms with E-state index in [-0.39, 0.29) is 21.0 Å². The lowest BCUT2D eigenvalue weighted by Crippen LogP contribution is -2.18. The van der Waals surface area contributed by atoms with Crippen LogP contribution in [0, 0.1) is 0 Å². The van der Waals surface area contributed by atoms with Crippen LogP contribution >= 0.6 is 0 Å². The van der Waals surface area contributed by atoms with Gasteiger partial charge in [0.05, 0.1) is 9.79 Å². The van der Waals surface area contributed by atoms with Gasteiger partial charge in [-0.1, -0.05) is 96.8 Å². The summed E-state index contributed by atoms with van der Waals surface area (Å²) in [7, 11) is -3.66. The van der Waals surface area contributed by atoms with Gasteiger partial charge in [0.1, 0.15) is 17.2 Å². The summed E-state index contributed by atoms with van der Waals surface area (Å²) in [5, 5.41) is 9.38. The van der Waals surface area contributed by atoms with Crippen molar-refractivity contribution in [1.82, 2.24) is 0 Å². The molecule has 4 aromatic carbocycles. The van der Waals surface area contributed by atoms with E-state index in [1.807, 2.05) is 42.5 Å². The van der Waals surface area contributed by atoms with Crippen LogP contribution in [-0.4, -0.2) is 13.5 Å². The fourth-order valence-corrected chi connectivity index (χ4v) is 4.81. The number of phenolic OH excluding ortho intramolecular Hbond substituents is 1. The van der Waals surface area contributed by atoms with Crippen molar-refractivity contribution < 1.29 is 18.3 Å². The van der Waals surface area contributed by atoms with Crippen molar-refractivity contribution in [2.75, 3.05) is 0 Å². The van der Waals surface area contributed by atoms with Crippen LogP contribution in [0.3, 0.4) is 0 Å². The van der Waals surface area contributed by atoms with Gasteiger partial charge >= 0.3 is 0 Å². The second-order valence-corrected chi connectivity index (χ2v) is 11.5. The van der Waals surface area contributed by atoms with Gasteiger partial charge in [-0.05, 0) is 71.8 Å². The summed E-state index contributed by atoms with van der Waals surface area (Å²) in [6.45, 7) is 12.9. The average molecular weight is 533 g/mol. The molecule has 38 heavy (non-hydrogen) atoms. The van der Waals surface area contributed by atoms with Gasteiger partial charge in [-0.25, -0.2) is 8.42 Å². The van der Waals surface area contributed by atoms with Crippen molar-refractivity contribution in [2.45, 2.75) is 69.6 Å². The zero-order valence-corrected chi connectivity index (χ0v) is 24.1.